The highest BCUT2D eigenvalue weighted by Gasteiger charge is 2.21. The van der Waals surface area contributed by atoms with E-state index in [2.05, 4.69) is 25.2 Å². The second-order valence-electron chi connectivity index (χ2n) is 5.59. The van der Waals surface area contributed by atoms with E-state index in [9.17, 15) is 18.0 Å². The molecule has 0 saturated heterocycles. The SMILES string of the molecule is CC(=O)Nc1nnc(S(=O)(=O)NCc2cc3ccc(C)cc3[nH]c2=O)s1. The van der Waals surface area contributed by atoms with E-state index in [-0.39, 0.29) is 33.0 Å². The molecular weight excluding hydrogens is 378 g/mol. The number of amides is 1. The van der Waals surface area contributed by atoms with Crippen LogP contribution in [0, 0.1) is 6.92 Å². The van der Waals surface area contributed by atoms with E-state index in [0.717, 1.165) is 22.3 Å². The maximum atomic E-state index is 12.3. The number of aromatic amines is 1. The monoisotopic (exact) mass is 393 g/mol. The van der Waals surface area contributed by atoms with Crippen LogP contribution in [0.3, 0.4) is 0 Å². The van der Waals surface area contributed by atoms with Gasteiger partial charge in [0.1, 0.15) is 0 Å². The molecule has 9 nitrogen and oxygen atoms in total. The van der Waals surface area contributed by atoms with Crippen molar-refractivity contribution in [2.24, 2.45) is 0 Å². The van der Waals surface area contributed by atoms with Gasteiger partial charge in [-0.15, -0.1) is 10.2 Å². The fraction of sp³-hybridized carbons (Fsp3) is 0.200. The van der Waals surface area contributed by atoms with Crippen LogP contribution < -0.4 is 15.6 Å². The van der Waals surface area contributed by atoms with Crippen LogP contribution in [0.4, 0.5) is 5.13 Å². The summed E-state index contributed by atoms with van der Waals surface area (Å²) in [6.07, 6.45) is 0. The average molecular weight is 393 g/mol. The largest absolute Gasteiger partial charge is 0.322 e. The van der Waals surface area contributed by atoms with Crippen molar-refractivity contribution < 1.29 is 13.2 Å². The van der Waals surface area contributed by atoms with Crippen molar-refractivity contribution in [2.75, 3.05) is 5.32 Å². The molecular formula is C15H15N5O4S2. The normalized spacial score (nSPS) is 11.6. The van der Waals surface area contributed by atoms with E-state index in [4.69, 9.17) is 0 Å². The van der Waals surface area contributed by atoms with Gasteiger partial charge in [-0.2, -0.15) is 0 Å². The summed E-state index contributed by atoms with van der Waals surface area (Å²) in [5, 5.41) is 10.4. The second kappa shape index (κ2) is 6.94. The van der Waals surface area contributed by atoms with E-state index < -0.39 is 10.0 Å². The van der Waals surface area contributed by atoms with Gasteiger partial charge in [0.25, 0.3) is 15.6 Å². The minimum atomic E-state index is -3.96. The Morgan fingerprint density at radius 2 is 2.04 bits per heavy atom. The van der Waals surface area contributed by atoms with Crippen LogP contribution in [0.5, 0.6) is 0 Å². The Balaban J connectivity index is 1.81. The lowest BCUT2D eigenvalue weighted by molar-refractivity contribution is -0.114. The number of aromatic nitrogens is 3. The quantitative estimate of drug-likeness (QED) is 0.556. The fourth-order valence-corrected chi connectivity index (χ4v) is 4.24. The first kappa shape index (κ1) is 18.2. The van der Waals surface area contributed by atoms with Gasteiger partial charge in [0, 0.05) is 24.5 Å². The van der Waals surface area contributed by atoms with Crippen molar-refractivity contribution in [3.8, 4) is 0 Å². The Morgan fingerprint density at radius 3 is 2.77 bits per heavy atom. The molecule has 0 radical (unpaired) electrons. The summed E-state index contributed by atoms with van der Waals surface area (Å²) in [5.41, 5.74) is 1.59. The molecule has 1 amide bonds. The second-order valence-corrected chi connectivity index (χ2v) is 8.51. The molecule has 11 heteroatoms. The minimum Gasteiger partial charge on any atom is -0.322 e. The van der Waals surface area contributed by atoms with E-state index >= 15 is 0 Å². The Kier molecular flexibility index (Phi) is 4.85. The average Bonchev–Trinajstić information content (AvgIpc) is 3.01. The predicted octanol–water partition coefficient (Wildman–Crippen LogP) is 1.12. The Labute approximate surface area is 152 Å². The number of benzene rings is 1. The minimum absolute atomic E-state index is 0.0804. The zero-order valence-electron chi connectivity index (χ0n) is 13.9. The maximum absolute atomic E-state index is 12.3. The summed E-state index contributed by atoms with van der Waals surface area (Å²) in [4.78, 5) is 25.9. The van der Waals surface area contributed by atoms with Crippen LogP contribution >= 0.6 is 11.3 Å². The number of pyridine rings is 1. The van der Waals surface area contributed by atoms with Gasteiger partial charge in [0.15, 0.2) is 0 Å². The third kappa shape index (κ3) is 3.95. The zero-order valence-corrected chi connectivity index (χ0v) is 15.5. The Hall–Kier alpha value is -2.63. The van der Waals surface area contributed by atoms with Crippen molar-refractivity contribution in [3.63, 3.8) is 0 Å². The first-order chi connectivity index (χ1) is 12.2. The molecule has 2 aromatic heterocycles. The van der Waals surface area contributed by atoms with Crippen LogP contribution in [0.25, 0.3) is 10.9 Å². The first-order valence-corrected chi connectivity index (χ1v) is 9.78. The standard InChI is InChI=1S/C15H15N5O4S2/c1-8-3-4-10-6-11(13(22)18-12(10)5-8)7-16-26(23,24)15-20-19-14(25-15)17-9(2)21/h3-6,16H,7H2,1-2H3,(H,18,22)(H,17,19,21). The molecule has 0 atom stereocenters. The number of carbonyl (C=O) groups is 1. The molecule has 3 rings (SSSR count). The van der Waals surface area contributed by atoms with Crippen LogP contribution in [0.2, 0.25) is 0 Å². The third-order valence-corrected chi connectivity index (χ3v) is 6.06. The van der Waals surface area contributed by atoms with Gasteiger partial charge >= 0.3 is 0 Å². The van der Waals surface area contributed by atoms with Crippen LogP contribution in [-0.2, 0) is 21.4 Å². The summed E-state index contributed by atoms with van der Waals surface area (Å²) in [7, 11) is -3.96. The smallest absolute Gasteiger partial charge is 0.270 e. The fourth-order valence-electron chi connectivity index (χ4n) is 2.25. The van der Waals surface area contributed by atoms with Crippen molar-refractivity contribution in [3.05, 3.63) is 45.7 Å². The van der Waals surface area contributed by atoms with Gasteiger partial charge in [0.05, 0.1) is 0 Å². The molecule has 1 aromatic carbocycles. The molecule has 0 unspecified atom stereocenters. The molecule has 0 aliphatic heterocycles. The molecule has 26 heavy (non-hydrogen) atoms. The molecule has 0 saturated carbocycles. The van der Waals surface area contributed by atoms with Gasteiger partial charge < -0.3 is 10.3 Å². The number of sulfonamides is 1. The van der Waals surface area contributed by atoms with E-state index in [1.807, 2.05) is 25.1 Å². The number of hydrogen-bond donors (Lipinski definition) is 3. The number of nitrogens with one attached hydrogen (secondary N) is 3. The molecule has 3 aromatic rings. The lowest BCUT2D eigenvalue weighted by atomic mass is 10.1. The molecule has 0 aliphatic rings. The van der Waals surface area contributed by atoms with Crippen molar-refractivity contribution in [2.45, 2.75) is 24.7 Å². The Bertz CT molecular complexity index is 1150. The molecule has 0 spiro atoms. The molecule has 2 heterocycles. The summed E-state index contributed by atoms with van der Waals surface area (Å²) in [6, 6.07) is 7.23. The number of fused-ring (bicyclic) bond motifs is 1. The van der Waals surface area contributed by atoms with Crippen LogP contribution in [0.15, 0.2) is 33.4 Å². The van der Waals surface area contributed by atoms with Gasteiger partial charge in [-0.05, 0) is 30.0 Å². The summed E-state index contributed by atoms with van der Waals surface area (Å²) >= 11 is 0.721. The lowest BCUT2D eigenvalue weighted by Gasteiger charge is -2.05. The summed E-state index contributed by atoms with van der Waals surface area (Å²) in [5.74, 6) is -0.379. The lowest BCUT2D eigenvalue weighted by Crippen LogP contribution is -2.26. The topological polar surface area (TPSA) is 134 Å². The number of carbonyl (C=O) groups excluding carboxylic acids is 1. The number of nitrogens with zero attached hydrogens (tertiary/aromatic N) is 2. The number of H-pyrrole nitrogens is 1. The van der Waals surface area contributed by atoms with E-state index in [1.165, 1.54) is 6.92 Å². The summed E-state index contributed by atoms with van der Waals surface area (Å²) < 4.78 is 26.6. The van der Waals surface area contributed by atoms with Crippen molar-refractivity contribution in [1.82, 2.24) is 19.9 Å². The number of aryl methyl sites for hydroxylation is 1. The van der Waals surface area contributed by atoms with Gasteiger partial charge in [0.2, 0.25) is 15.4 Å². The number of rotatable bonds is 5. The van der Waals surface area contributed by atoms with Crippen LogP contribution in [-0.4, -0.2) is 29.5 Å². The molecule has 0 bridgehead atoms. The van der Waals surface area contributed by atoms with Crippen LogP contribution in [0.1, 0.15) is 18.1 Å². The van der Waals surface area contributed by atoms with E-state index in [1.54, 1.807) is 6.07 Å². The first-order valence-electron chi connectivity index (χ1n) is 7.48. The zero-order chi connectivity index (χ0) is 18.9. The molecule has 0 fully saturated rings. The third-order valence-electron chi connectivity index (χ3n) is 3.45. The number of hydrogen-bond acceptors (Lipinski definition) is 7. The summed E-state index contributed by atoms with van der Waals surface area (Å²) in [6.45, 7) is 2.99. The predicted molar refractivity (Wildman–Crippen MR) is 97.5 cm³/mol. The Morgan fingerprint density at radius 1 is 1.27 bits per heavy atom. The molecule has 136 valence electrons. The highest BCUT2D eigenvalue weighted by atomic mass is 32.2. The number of anilines is 1. The molecule has 0 aliphatic carbocycles. The molecule has 3 N–H and O–H groups in total. The van der Waals surface area contributed by atoms with E-state index in [0.29, 0.717) is 5.52 Å². The van der Waals surface area contributed by atoms with Gasteiger partial charge in [-0.3, -0.25) is 9.59 Å². The maximum Gasteiger partial charge on any atom is 0.270 e. The van der Waals surface area contributed by atoms with Crippen molar-refractivity contribution >= 4 is 43.3 Å². The highest BCUT2D eigenvalue weighted by Crippen LogP contribution is 2.20. The van der Waals surface area contributed by atoms with Crippen molar-refractivity contribution in [1.29, 1.82) is 0 Å². The van der Waals surface area contributed by atoms with Gasteiger partial charge in [-0.1, -0.05) is 23.5 Å². The highest BCUT2D eigenvalue weighted by molar-refractivity contribution is 7.91. The van der Waals surface area contributed by atoms with Gasteiger partial charge in [-0.25, -0.2) is 13.1 Å².